The van der Waals surface area contributed by atoms with E-state index in [0.717, 1.165) is 18.4 Å². The lowest BCUT2D eigenvalue weighted by Crippen LogP contribution is -2.42. The summed E-state index contributed by atoms with van der Waals surface area (Å²) < 4.78 is 1.82. The van der Waals surface area contributed by atoms with E-state index in [2.05, 4.69) is 17.7 Å². The summed E-state index contributed by atoms with van der Waals surface area (Å²) in [5, 5.41) is 2.89. The highest BCUT2D eigenvalue weighted by atomic mass is 16.2. The van der Waals surface area contributed by atoms with Gasteiger partial charge in [0.2, 0.25) is 6.04 Å². The topological polar surface area (TPSA) is 61.2 Å². The molecule has 0 unspecified atom stereocenters. The third-order valence-corrected chi connectivity index (χ3v) is 4.22. The van der Waals surface area contributed by atoms with Crippen LogP contribution in [-0.2, 0) is 4.79 Å². The number of hydrazine groups is 1. The molecule has 2 amide bonds. The van der Waals surface area contributed by atoms with Gasteiger partial charge in [0, 0.05) is 17.5 Å². The van der Waals surface area contributed by atoms with Gasteiger partial charge in [-0.3, -0.25) is 9.59 Å². The van der Waals surface area contributed by atoms with Gasteiger partial charge in [-0.1, -0.05) is 55.5 Å². The minimum Gasteiger partial charge on any atom is -0.334 e. The average molecular weight is 336 g/mol. The summed E-state index contributed by atoms with van der Waals surface area (Å²) in [5.74, 6) is -0.454. The van der Waals surface area contributed by atoms with Crippen molar-refractivity contribution in [2.24, 2.45) is 0 Å². The molecule has 5 nitrogen and oxygen atoms in total. The van der Waals surface area contributed by atoms with Gasteiger partial charge in [-0.25, -0.2) is 0 Å². The summed E-state index contributed by atoms with van der Waals surface area (Å²) in [6.45, 7) is 2.08. The molecule has 25 heavy (non-hydrogen) atoms. The van der Waals surface area contributed by atoms with E-state index in [0.29, 0.717) is 5.56 Å². The quantitative estimate of drug-likeness (QED) is 0.824. The number of carbonyl (C=O) groups excluding carboxylic acids is 2. The normalized spacial score (nSPS) is 21.2. The zero-order valence-electron chi connectivity index (χ0n) is 14.2. The minimum atomic E-state index is -0.650. The van der Waals surface area contributed by atoms with Gasteiger partial charge < -0.3 is 5.32 Å². The van der Waals surface area contributed by atoms with Crippen molar-refractivity contribution in [2.75, 3.05) is 0 Å². The molecule has 0 bridgehead atoms. The van der Waals surface area contributed by atoms with Crippen molar-refractivity contribution in [1.82, 2.24) is 10.7 Å². The van der Waals surface area contributed by atoms with E-state index < -0.39 is 6.04 Å². The third kappa shape index (κ3) is 3.76. The first-order chi connectivity index (χ1) is 12.2. The molecule has 1 fully saturated rings. The number of hydrogen-bond acceptors (Lipinski definition) is 2. The van der Waals surface area contributed by atoms with Crippen molar-refractivity contribution in [3.8, 4) is 0 Å². The molecule has 2 aromatic rings. The molecule has 0 aromatic heterocycles. The number of carbonyl (C=O) groups is 2. The fourth-order valence-electron chi connectivity index (χ4n) is 2.96. The summed E-state index contributed by atoms with van der Waals surface area (Å²) in [5.41, 5.74) is 4.39. The Morgan fingerprint density at radius 3 is 2.40 bits per heavy atom. The second kappa shape index (κ2) is 7.75. The second-order valence-corrected chi connectivity index (χ2v) is 6.03. The number of nitrogens with one attached hydrogen (secondary N) is 2. The average Bonchev–Trinajstić information content (AvgIpc) is 2.96. The molecule has 0 spiro atoms. The van der Waals surface area contributed by atoms with Crippen LogP contribution in [0.4, 0.5) is 0 Å². The van der Waals surface area contributed by atoms with Crippen LogP contribution in [0.5, 0.6) is 0 Å². The van der Waals surface area contributed by atoms with Crippen LogP contribution in [0.3, 0.4) is 0 Å². The van der Waals surface area contributed by atoms with Crippen molar-refractivity contribution in [1.29, 1.82) is 0 Å². The molecule has 1 aliphatic heterocycles. The van der Waals surface area contributed by atoms with Crippen molar-refractivity contribution in [2.45, 2.75) is 31.8 Å². The Kier molecular flexibility index (Phi) is 5.23. The van der Waals surface area contributed by atoms with Crippen LogP contribution in [0.1, 0.15) is 41.7 Å². The van der Waals surface area contributed by atoms with E-state index in [1.165, 1.54) is 0 Å². The molecule has 128 valence electrons. The predicted octanol–water partition coefficient (Wildman–Crippen LogP) is 2.45. The fraction of sp³-hybridized carbons (Fsp3) is 0.250. The molecule has 1 saturated heterocycles. The standard InChI is InChI=1S/C20H21N3O2/c1-2-3-14-23-18(15-10-6-4-7-11-15)17(20(25)22-23)21-19(24)16-12-8-5-9-13-16/h4-14,17-18H,2-3H2,1H3,(H-,21,22,24,25)/p+1/b23-14+/t17-,18-/m0/s1. The highest BCUT2D eigenvalue weighted by molar-refractivity contribution is 5.98. The Balaban J connectivity index is 1.90. The zero-order valence-corrected chi connectivity index (χ0v) is 14.2. The van der Waals surface area contributed by atoms with Crippen LogP contribution >= 0.6 is 0 Å². The van der Waals surface area contributed by atoms with Crippen LogP contribution < -0.4 is 10.7 Å². The van der Waals surface area contributed by atoms with Gasteiger partial charge >= 0.3 is 5.91 Å². The summed E-state index contributed by atoms with van der Waals surface area (Å²) in [6, 6.07) is 17.8. The van der Waals surface area contributed by atoms with Gasteiger partial charge in [0.05, 0.1) is 0 Å². The van der Waals surface area contributed by atoms with Crippen molar-refractivity contribution in [3.63, 3.8) is 0 Å². The lowest BCUT2D eigenvalue weighted by atomic mass is 10.00. The molecule has 3 rings (SSSR count). The molecule has 0 radical (unpaired) electrons. The first kappa shape index (κ1) is 16.9. The molecule has 2 aromatic carbocycles. The monoisotopic (exact) mass is 336 g/mol. The molecule has 1 heterocycles. The molecule has 0 saturated carbocycles. The molecule has 1 aliphatic rings. The highest BCUT2D eigenvalue weighted by Gasteiger charge is 2.47. The number of amides is 2. The fourth-order valence-corrected chi connectivity index (χ4v) is 2.96. The van der Waals surface area contributed by atoms with Crippen LogP contribution in [0.2, 0.25) is 0 Å². The van der Waals surface area contributed by atoms with Gasteiger partial charge in [0.1, 0.15) is 0 Å². The Morgan fingerprint density at radius 2 is 1.76 bits per heavy atom. The van der Waals surface area contributed by atoms with Crippen molar-refractivity contribution < 1.29 is 14.3 Å². The van der Waals surface area contributed by atoms with Crippen LogP contribution in [0.25, 0.3) is 0 Å². The van der Waals surface area contributed by atoms with Crippen molar-refractivity contribution >= 4 is 18.0 Å². The number of unbranched alkanes of at least 4 members (excludes halogenated alkanes) is 1. The van der Waals surface area contributed by atoms with Crippen LogP contribution in [0, 0.1) is 0 Å². The predicted molar refractivity (Wildman–Crippen MR) is 96.3 cm³/mol. The molecular weight excluding hydrogens is 314 g/mol. The van der Waals surface area contributed by atoms with E-state index >= 15 is 0 Å². The highest BCUT2D eigenvalue weighted by Crippen LogP contribution is 2.25. The van der Waals surface area contributed by atoms with E-state index in [-0.39, 0.29) is 17.9 Å². The van der Waals surface area contributed by atoms with Crippen molar-refractivity contribution in [3.05, 3.63) is 71.8 Å². The van der Waals surface area contributed by atoms with Crippen LogP contribution in [-0.4, -0.2) is 28.8 Å². The van der Waals surface area contributed by atoms with Gasteiger partial charge in [-0.15, -0.1) is 10.1 Å². The number of nitrogens with zero attached hydrogens (tertiary/aromatic N) is 1. The lowest BCUT2D eigenvalue weighted by molar-refractivity contribution is -0.597. The summed E-state index contributed by atoms with van der Waals surface area (Å²) in [4.78, 5) is 25.0. The first-order valence-electron chi connectivity index (χ1n) is 8.53. The molecule has 2 atom stereocenters. The first-order valence-corrected chi connectivity index (χ1v) is 8.53. The zero-order chi connectivity index (χ0) is 17.6. The minimum absolute atomic E-state index is 0.203. The Morgan fingerprint density at radius 1 is 1.12 bits per heavy atom. The molecule has 2 N–H and O–H groups in total. The molecule has 0 aliphatic carbocycles. The van der Waals surface area contributed by atoms with Gasteiger partial charge in [0.15, 0.2) is 12.3 Å². The third-order valence-electron chi connectivity index (χ3n) is 4.22. The van der Waals surface area contributed by atoms with E-state index in [1.807, 2.05) is 47.3 Å². The van der Waals surface area contributed by atoms with Gasteiger partial charge in [0.25, 0.3) is 5.91 Å². The SMILES string of the molecule is CCC/C=[N+]1/NC(=O)[C@@H](NC(=O)c2ccccc2)[C@@H]1c1ccccc1. The number of hydrazone groups is 1. The summed E-state index contributed by atoms with van der Waals surface area (Å²) in [7, 11) is 0. The maximum absolute atomic E-state index is 12.5. The Hall–Kier alpha value is -2.95. The van der Waals surface area contributed by atoms with Crippen LogP contribution in [0.15, 0.2) is 60.7 Å². The van der Waals surface area contributed by atoms with E-state index in [9.17, 15) is 9.59 Å². The number of benzene rings is 2. The summed E-state index contributed by atoms with van der Waals surface area (Å²) in [6.07, 6.45) is 3.81. The smallest absolute Gasteiger partial charge is 0.304 e. The second-order valence-electron chi connectivity index (χ2n) is 6.03. The Labute approximate surface area is 147 Å². The van der Waals surface area contributed by atoms with E-state index in [1.54, 1.807) is 24.3 Å². The number of hydrogen-bond donors (Lipinski definition) is 2. The maximum atomic E-state index is 12.5. The largest absolute Gasteiger partial charge is 0.334 e. The molecule has 5 heteroatoms. The summed E-state index contributed by atoms with van der Waals surface area (Å²) >= 11 is 0. The van der Waals surface area contributed by atoms with E-state index in [4.69, 9.17) is 0 Å². The number of rotatable bonds is 5. The Bertz CT molecular complexity index is 772. The maximum Gasteiger partial charge on any atom is 0.304 e. The lowest BCUT2D eigenvalue weighted by Gasteiger charge is -2.14. The molecular formula is C20H22N3O2+. The van der Waals surface area contributed by atoms with Gasteiger partial charge in [-0.2, -0.15) is 0 Å². The van der Waals surface area contributed by atoms with Gasteiger partial charge in [-0.05, 0) is 18.6 Å².